The van der Waals surface area contributed by atoms with Crippen LogP contribution in [0.4, 0.5) is 5.69 Å². The number of nitrogens with one attached hydrogen (secondary N) is 1. The SMILES string of the molecule is COc1ccccc1NC(=O)Cn1c(=O)n(Cc2ccccc2Cl)c(=O)c2ccccc21. The first-order chi connectivity index (χ1) is 15.5. The number of nitrogens with zero attached hydrogens (tertiary/aromatic N) is 2. The number of benzene rings is 3. The van der Waals surface area contributed by atoms with E-state index in [4.69, 9.17) is 16.3 Å². The molecule has 0 saturated heterocycles. The van der Waals surface area contributed by atoms with Crippen LogP contribution in [0.25, 0.3) is 10.9 Å². The van der Waals surface area contributed by atoms with Crippen LogP contribution in [0.5, 0.6) is 5.75 Å². The number of aromatic nitrogens is 2. The van der Waals surface area contributed by atoms with Gasteiger partial charge >= 0.3 is 5.69 Å². The van der Waals surface area contributed by atoms with Gasteiger partial charge in [0.05, 0.1) is 30.2 Å². The maximum absolute atomic E-state index is 13.3. The van der Waals surface area contributed by atoms with Gasteiger partial charge in [0.15, 0.2) is 0 Å². The van der Waals surface area contributed by atoms with Gasteiger partial charge in [-0.1, -0.05) is 54.1 Å². The van der Waals surface area contributed by atoms with Crippen molar-refractivity contribution in [2.24, 2.45) is 0 Å². The highest BCUT2D eigenvalue weighted by molar-refractivity contribution is 6.31. The molecule has 7 nitrogen and oxygen atoms in total. The molecule has 0 atom stereocenters. The number of carbonyl (C=O) groups excluding carboxylic acids is 1. The normalized spacial score (nSPS) is 10.8. The van der Waals surface area contributed by atoms with Crippen LogP contribution in [0.1, 0.15) is 5.56 Å². The minimum atomic E-state index is -0.594. The second kappa shape index (κ2) is 9.11. The fraction of sp³-hybridized carbons (Fsp3) is 0.125. The molecule has 32 heavy (non-hydrogen) atoms. The maximum atomic E-state index is 13.3. The van der Waals surface area contributed by atoms with Gasteiger partial charge in [-0.2, -0.15) is 0 Å². The highest BCUT2D eigenvalue weighted by Gasteiger charge is 2.17. The zero-order valence-corrected chi connectivity index (χ0v) is 18.0. The fourth-order valence-corrected chi connectivity index (χ4v) is 3.74. The van der Waals surface area contributed by atoms with E-state index in [0.717, 1.165) is 4.57 Å². The molecule has 0 aliphatic carbocycles. The van der Waals surface area contributed by atoms with Gasteiger partial charge in [-0.05, 0) is 35.9 Å². The zero-order valence-electron chi connectivity index (χ0n) is 17.2. The Morgan fingerprint density at radius 1 is 0.938 bits per heavy atom. The summed E-state index contributed by atoms with van der Waals surface area (Å²) in [4.78, 5) is 39.2. The molecule has 1 amide bonds. The number of ether oxygens (including phenoxy) is 1. The van der Waals surface area contributed by atoms with Crippen LogP contribution in [0.3, 0.4) is 0 Å². The van der Waals surface area contributed by atoms with Gasteiger partial charge in [0.25, 0.3) is 5.56 Å². The third-order valence-corrected chi connectivity index (χ3v) is 5.47. The third-order valence-electron chi connectivity index (χ3n) is 5.10. The van der Waals surface area contributed by atoms with Crippen LogP contribution in [-0.4, -0.2) is 22.2 Å². The number of anilines is 1. The summed E-state index contributed by atoms with van der Waals surface area (Å²) in [7, 11) is 1.51. The van der Waals surface area contributed by atoms with Crippen molar-refractivity contribution in [3.63, 3.8) is 0 Å². The Bertz CT molecular complexity index is 1420. The number of hydrogen-bond donors (Lipinski definition) is 1. The average Bonchev–Trinajstić information content (AvgIpc) is 2.81. The molecule has 4 aromatic rings. The lowest BCUT2D eigenvalue weighted by molar-refractivity contribution is -0.116. The molecule has 162 valence electrons. The van der Waals surface area contributed by atoms with Crippen molar-refractivity contribution in [3.8, 4) is 5.75 Å². The lowest BCUT2D eigenvalue weighted by Gasteiger charge is -2.15. The van der Waals surface area contributed by atoms with Crippen molar-refractivity contribution < 1.29 is 9.53 Å². The largest absolute Gasteiger partial charge is 0.495 e. The molecule has 0 spiro atoms. The van der Waals surface area contributed by atoms with E-state index in [0.29, 0.717) is 32.9 Å². The molecule has 4 rings (SSSR count). The van der Waals surface area contributed by atoms with E-state index in [9.17, 15) is 14.4 Å². The highest BCUT2D eigenvalue weighted by atomic mass is 35.5. The van der Waals surface area contributed by atoms with Crippen LogP contribution in [-0.2, 0) is 17.9 Å². The molecule has 0 saturated carbocycles. The summed E-state index contributed by atoms with van der Waals surface area (Å²) in [6.07, 6.45) is 0. The summed E-state index contributed by atoms with van der Waals surface area (Å²) in [6, 6.07) is 20.7. The Kier molecular flexibility index (Phi) is 6.09. The summed E-state index contributed by atoms with van der Waals surface area (Å²) in [5.74, 6) is 0.0754. The smallest absolute Gasteiger partial charge is 0.332 e. The van der Waals surface area contributed by atoms with Gasteiger partial charge in [0.2, 0.25) is 5.91 Å². The fourth-order valence-electron chi connectivity index (χ4n) is 3.54. The molecule has 0 radical (unpaired) electrons. The Morgan fingerprint density at radius 2 is 1.62 bits per heavy atom. The van der Waals surface area contributed by atoms with E-state index in [1.807, 2.05) is 0 Å². The third kappa shape index (κ3) is 4.15. The van der Waals surface area contributed by atoms with E-state index in [-0.39, 0.29) is 13.1 Å². The monoisotopic (exact) mass is 449 g/mol. The molecule has 3 aromatic carbocycles. The van der Waals surface area contributed by atoms with Crippen molar-refractivity contribution in [1.82, 2.24) is 9.13 Å². The zero-order chi connectivity index (χ0) is 22.7. The topological polar surface area (TPSA) is 82.3 Å². The molecule has 0 aliphatic rings. The maximum Gasteiger partial charge on any atom is 0.332 e. The first-order valence-corrected chi connectivity index (χ1v) is 10.3. The first-order valence-electron chi connectivity index (χ1n) is 9.88. The van der Waals surface area contributed by atoms with Crippen LogP contribution in [0.15, 0.2) is 82.4 Å². The van der Waals surface area contributed by atoms with Crippen molar-refractivity contribution in [1.29, 1.82) is 0 Å². The minimum Gasteiger partial charge on any atom is -0.495 e. The summed E-state index contributed by atoms with van der Waals surface area (Å²) in [5, 5.41) is 3.55. The van der Waals surface area contributed by atoms with E-state index in [1.165, 1.54) is 11.7 Å². The van der Waals surface area contributed by atoms with Crippen LogP contribution < -0.4 is 21.3 Å². The standard InChI is InChI=1S/C24H20ClN3O4/c1-32-21-13-7-5-11-19(21)26-22(29)15-27-20-12-6-3-9-17(20)23(30)28(24(27)31)14-16-8-2-4-10-18(16)25/h2-13H,14-15H2,1H3,(H,26,29). The van der Waals surface area contributed by atoms with Crippen molar-refractivity contribution in [2.75, 3.05) is 12.4 Å². The Hall–Kier alpha value is -3.84. The molecule has 8 heteroatoms. The Labute approximate surface area is 188 Å². The second-order valence-corrected chi connectivity index (χ2v) is 7.52. The van der Waals surface area contributed by atoms with Crippen molar-refractivity contribution in [2.45, 2.75) is 13.1 Å². The minimum absolute atomic E-state index is 0.00367. The molecule has 1 N–H and O–H groups in total. The Morgan fingerprint density at radius 3 is 2.41 bits per heavy atom. The van der Waals surface area contributed by atoms with Gasteiger partial charge in [-0.25, -0.2) is 4.79 Å². The lowest BCUT2D eigenvalue weighted by Crippen LogP contribution is -2.42. The number of hydrogen-bond acceptors (Lipinski definition) is 4. The molecule has 0 fully saturated rings. The predicted octanol–water partition coefficient (Wildman–Crippen LogP) is 3.51. The number of carbonyl (C=O) groups is 1. The van der Waals surface area contributed by atoms with E-state index >= 15 is 0 Å². The number of amides is 1. The molecular formula is C24H20ClN3O4. The quantitative estimate of drug-likeness (QED) is 0.488. The molecule has 0 aliphatic heterocycles. The summed E-state index contributed by atoms with van der Waals surface area (Å²) < 4.78 is 7.65. The van der Waals surface area contributed by atoms with Gasteiger partial charge in [0, 0.05) is 5.02 Å². The van der Waals surface area contributed by atoms with Gasteiger partial charge in [0.1, 0.15) is 12.3 Å². The summed E-state index contributed by atoms with van der Waals surface area (Å²) >= 11 is 6.24. The van der Waals surface area contributed by atoms with Crippen molar-refractivity contribution in [3.05, 3.63) is 104 Å². The molecular weight excluding hydrogens is 430 g/mol. The number of para-hydroxylation sites is 3. The highest BCUT2D eigenvalue weighted by Crippen LogP contribution is 2.23. The van der Waals surface area contributed by atoms with Crippen LogP contribution >= 0.6 is 11.6 Å². The van der Waals surface area contributed by atoms with Gasteiger partial charge in [-0.15, -0.1) is 0 Å². The molecule has 1 heterocycles. The lowest BCUT2D eigenvalue weighted by atomic mass is 10.2. The number of rotatable bonds is 6. The predicted molar refractivity (Wildman–Crippen MR) is 125 cm³/mol. The second-order valence-electron chi connectivity index (χ2n) is 7.12. The van der Waals surface area contributed by atoms with Crippen LogP contribution in [0, 0.1) is 0 Å². The number of halogens is 1. The summed E-state index contributed by atoms with van der Waals surface area (Å²) in [5.41, 5.74) is 0.471. The van der Waals surface area contributed by atoms with Crippen molar-refractivity contribution >= 4 is 34.1 Å². The van der Waals surface area contributed by atoms with E-state index in [1.54, 1.807) is 72.8 Å². The molecule has 1 aromatic heterocycles. The average molecular weight is 450 g/mol. The first kappa shape index (κ1) is 21.4. The van der Waals surface area contributed by atoms with Crippen LogP contribution in [0.2, 0.25) is 5.02 Å². The molecule has 0 unspecified atom stereocenters. The summed E-state index contributed by atoms with van der Waals surface area (Å²) in [6.45, 7) is -0.281. The van der Waals surface area contributed by atoms with Gasteiger partial charge < -0.3 is 10.1 Å². The number of methoxy groups -OCH3 is 1. The molecule has 0 bridgehead atoms. The van der Waals surface area contributed by atoms with Gasteiger partial charge in [-0.3, -0.25) is 18.7 Å². The van der Waals surface area contributed by atoms with E-state index in [2.05, 4.69) is 5.32 Å². The van der Waals surface area contributed by atoms with E-state index < -0.39 is 17.2 Å². The number of fused-ring (bicyclic) bond motifs is 1. The Balaban J connectivity index is 1.77.